The molecule has 0 bridgehead atoms. The zero-order valence-electron chi connectivity index (χ0n) is 10.2. The van der Waals surface area contributed by atoms with Gasteiger partial charge in [0.05, 0.1) is 10.5 Å². The van der Waals surface area contributed by atoms with Gasteiger partial charge in [0.1, 0.15) is 5.52 Å². The monoisotopic (exact) mass is 261 g/mol. The number of hydrogen-bond acceptors (Lipinski definition) is 2. The van der Waals surface area contributed by atoms with Crippen LogP contribution >= 0.6 is 11.6 Å². The molecule has 0 spiro atoms. The Morgan fingerprint density at radius 2 is 2.17 bits per heavy atom. The third-order valence-corrected chi connectivity index (χ3v) is 4.87. The van der Waals surface area contributed by atoms with E-state index in [9.17, 15) is 0 Å². The number of halogens is 1. The van der Waals surface area contributed by atoms with Crippen LogP contribution in [0, 0.1) is 11.3 Å². The molecular weight excluding hydrogens is 246 g/mol. The van der Waals surface area contributed by atoms with Crippen molar-refractivity contribution in [2.45, 2.75) is 32.2 Å². The van der Waals surface area contributed by atoms with Gasteiger partial charge in [0.2, 0.25) is 5.95 Å². The molecule has 2 saturated carbocycles. The first-order valence-electron chi connectivity index (χ1n) is 6.60. The van der Waals surface area contributed by atoms with E-state index < -0.39 is 0 Å². The number of nitrogens with two attached hydrogens (primary N) is 1. The predicted molar refractivity (Wildman–Crippen MR) is 73.5 cm³/mol. The Morgan fingerprint density at radius 3 is 2.83 bits per heavy atom. The molecule has 2 aromatic rings. The lowest BCUT2D eigenvalue weighted by Gasteiger charge is -2.16. The zero-order valence-corrected chi connectivity index (χ0v) is 11.0. The Hall–Kier alpha value is -1.22. The van der Waals surface area contributed by atoms with Crippen LogP contribution in [-0.2, 0) is 6.54 Å². The second kappa shape index (κ2) is 3.41. The van der Waals surface area contributed by atoms with Gasteiger partial charge in [-0.3, -0.25) is 0 Å². The highest BCUT2D eigenvalue weighted by Gasteiger charge is 2.54. The molecule has 3 nitrogen and oxygen atoms in total. The Labute approximate surface area is 111 Å². The first-order valence-corrected chi connectivity index (χ1v) is 6.98. The van der Waals surface area contributed by atoms with Crippen molar-refractivity contribution in [3.05, 3.63) is 23.2 Å². The van der Waals surface area contributed by atoms with Gasteiger partial charge in [-0.2, -0.15) is 0 Å². The Kier molecular flexibility index (Phi) is 2.03. The number of imidazole rings is 1. The van der Waals surface area contributed by atoms with Crippen molar-refractivity contribution < 1.29 is 0 Å². The van der Waals surface area contributed by atoms with Crippen LogP contribution in [0.1, 0.15) is 25.7 Å². The van der Waals surface area contributed by atoms with E-state index in [1.807, 2.05) is 12.1 Å². The summed E-state index contributed by atoms with van der Waals surface area (Å²) in [6.07, 6.45) is 5.48. The summed E-state index contributed by atoms with van der Waals surface area (Å²) in [6, 6.07) is 5.90. The molecule has 1 heterocycles. The molecule has 4 rings (SSSR count). The van der Waals surface area contributed by atoms with Crippen LogP contribution in [0.5, 0.6) is 0 Å². The maximum absolute atomic E-state index is 6.17. The molecule has 2 fully saturated rings. The van der Waals surface area contributed by atoms with Crippen LogP contribution in [0.25, 0.3) is 11.0 Å². The summed E-state index contributed by atoms with van der Waals surface area (Å²) in [6.45, 7) is 1.01. The van der Waals surface area contributed by atoms with Gasteiger partial charge < -0.3 is 10.3 Å². The van der Waals surface area contributed by atoms with E-state index in [-0.39, 0.29) is 0 Å². The molecule has 0 saturated heterocycles. The first-order chi connectivity index (χ1) is 8.70. The predicted octanol–water partition coefficient (Wildman–Crippen LogP) is 3.46. The molecule has 2 aliphatic carbocycles. The minimum absolute atomic E-state index is 0.518. The van der Waals surface area contributed by atoms with Gasteiger partial charge >= 0.3 is 0 Å². The minimum Gasteiger partial charge on any atom is -0.369 e. The second-order valence-electron chi connectivity index (χ2n) is 5.80. The number of benzene rings is 1. The number of para-hydroxylation sites is 1. The van der Waals surface area contributed by atoms with Gasteiger partial charge in [0.15, 0.2) is 0 Å². The Morgan fingerprint density at radius 1 is 1.39 bits per heavy atom. The average molecular weight is 262 g/mol. The summed E-state index contributed by atoms with van der Waals surface area (Å²) in [5.41, 5.74) is 8.50. The van der Waals surface area contributed by atoms with E-state index in [2.05, 4.69) is 15.6 Å². The fourth-order valence-electron chi connectivity index (χ4n) is 3.16. The van der Waals surface area contributed by atoms with Crippen molar-refractivity contribution in [2.24, 2.45) is 11.3 Å². The van der Waals surface area contributed by atoms with Crippen molar-refractivity contribution >= 4 is 28.6 Å². The van der Waals surface area contributed by atoms with Gasteiger partial charge in [0, 0.05) is 6.54 Å². The van der Waals surface area contributed by atoms with Crippen molar-refractivity contribution in [3.63, 3.8) is 0 Å². The maximum Gasteiger partial charge on any atom is 0.201 e. The number of aromatic nitrogens is 2. The number of hydrogen-bond donors (Lipinski definition) is 1. The number of anilines is 1. The third-order valence-electron chi connectivity index (χ3n) is 4.57. The normalized spacial score (nSPS) is 21.4. The third kappa shape index (κ3) is 1.46. The molecule has 0 radical (unpaired) electrons. The van der Waals surface area contributed by atoms with Crippen molar-refractivity contribution in [1.29, 1.82) is 0 Å². The van der Waals surface area contributed by atoms with Crippen LogP contribution < -0.4 is 5.73 Å². The molecule has 0 unspecified atom stereocenters. The number of nitrogen functional groups attached to an aromatic ring is 1. The highest BCUT2D eigenvalue weighted by Crippen LogP contribution is 2.62. The molecule has 0 amide bonds. The lowest BCUT2D eigenvalue weighted by molar-refractivity contribution is 0.377. The molecule has 0 atom stereocenters. The summed E-state index contributed by atoms with van der Waals surface area (Å²) < 4.78 is 2.16. The topological polar surface area (TPSA) is 43.8 Å². The van der Waals surface area contributed by atoms with Gasteiger partial charge in [-0.15, -0.1) is 0 Å². The Bertz CT molecular complexity index is 623. The maximum atomic E-state index is 6.17. The molecule has 0 aliphatic heterocycles. The minimum atomic E-state index is 0.518. The van der Waals surface area contributed by atoms with Crippen molar-refractivity contribution in [2.75, 3.05) is 5.73 Å². The second-order valence-corrected chi connectivity index (χ2v) is 6.21. The summed E-state index contributed by atoms with van der Waals surface area (Å²) in [5, 5.41) is 0.689. The van der Waals surface area contributed by atoms with Gasteiger partial charge in [-0.25, -0.2) is 4.98 Å². The lowest BCUT2D eigenvalue weighted by Crippen LogP contribution is -2.15. The lowest BCUT2D eigenvalue weighted by atomic mass is 10.0. The summed E-state index contributed by atoms with van der Waals surface area (Å²) in [7, 11) is 0. The fourth-order valence-corrected chi connectivity index (χ4v) is 3.38. The summed E-state index contributed by atoms with van der Waals surface area (Å²) in [5.74, 6) is 1.53. The molecule has 18 heavy (non-hydrogen) atoms. The molecule has 1 aromatic carbocycles. The van der Waals surface area contributed by atoms with Gasteiger partial charge in [-0.1, -0.05) is 17.7 Å². The fraction of sp³-hybridized carbons (Fsp3) is 0.500. The van der Waals surface area contributed by atoms with Crippen LogP contribution in [0.3, 0.4) is 0 Å². The summed E-state index contributed by atoms with van der Waals surface area (Å²) >= 11 is 6.17. The average Bonchev–Trinajstić information content (AvgIpc) is 3.23. The van der Waals surface area contributed by atoms with E-state index in [0.717, 1.165) is 23.5 Å². The van der Waals surface area contributed by atoms with Gasteiger partial charge in [-0.05, 0) is 49.1 Å². The largest absolute Gasteiger partial charge is 0.369 e. The number of nitrogens with zero attached hydrogens (tertiary/aromatic N) is 2. The highest BCUT2D eigenvalue weighted by molar-refractivity contribution is 6.35. The van der Waals surface area contributed by atoms with E-state index in [4.69, 9.17) is 17.3 Å². The quantitative estimate of drug-likeness (QED) is 0.920. The van der Waals surface area contributed by atoms with Crippen LogP contribution in [-0.4, -0.2) is 9.55 Å². The molecule has 4 heteroatoms. The number of rotatable bonds is 3. The summed E-state index contributed by atoms with van der Waals surface area (Å²) in [4.78, 5) is 4.41. The standard InChI is InChI=1S/C14H16ClN3/c15-10-2-1-3-11-12(10)17-13(16)18(11)8-14(6-7-14)9-4-5-9/h1-3,9H,4-8H2,(H2,16,17). The number of fused-ring (bicyclic) bond motifs is 1. The van der Waals surface area contributed by atoms with Crippen molar-refractivity contribution in [3.8, 4) is 0 Å². The van der Waals surface area contributed by atoms with E-state index in [1.54, 1.807) is 0 Å². The van der Waals surface area contributed by atoms with E-state index in [1.165, 1.54) is 25.7 Å². The van der Waals surface area contributed by atoms with Crippen molar-refractivity contribution in [1.82, 2.24) is 9.55 Å². The highest BCUT2D eigenvalue weighted by atomic mass is 35.5. The Balaban J connectivity index is 1.80. The SMILES string of the molecule is Nc1nc2c(Cl)cccc2n1CC1(C2CC2)CC1. The smallest absolute Gasteiger partial charge is 0.201 e. The first kappa shape index (κ1) is 10.7. The molecule has 2 N–H and O–H groups in total. The molecule has 2 aliphatic rings. The molecule has 1 aromatic heterocycles. The van der Waals surface area contributed by atoms with E-state index >= 15 is 0 Å². The zero-order chi connectivity index (χ0) is 12.3. The molecular formula is C14H16ClN3. The van der Waals surface area contributed by atoms with Crippen LogP contribution in [0.15, 0.2) is 18.2 Å². The van der Waals surface area contributed by atoms with Crippen LogP contribution in [0.2, 0.25) is 5.02 Å². The van der Waals surface area contributed by atoms with Gasteiger partial charge in [0.25, 0.3) is 0 Å². The van der Waals surface area contributed by atoms with E-state index in [0.29, 0.717) is 16.4 Å². The molecule has 94 valence electrons. The van der Waals surface area contributed by atoms with Crippen LogP contribution in [0.4, 0.5) is 5.95 Å².